The van der Waals surface area contributed by atoms with Gasteiger partial charge in [-0.25, -0.2) is 0 Å². The van der Waals surface area contributed by atoms with Gasteiger partial charge in [-0.2, -0.15) is 0 Å². The highest BCUT2D eigenvalue weighted by Gasteiger charge is 2.55. The van der Waals surface area contributed by atoms with E-state index in [1.54, 1.807) is 19.9 Å². The van der Waals surface area contributed by atoms with Crippen molar-refractivity contribution in [2.45, 2.75) is 52.8 Å². The lowest BCUT2D eigenvalue weighted by atomic mass is 9.66. The minimum absolute atomic E-state index is 0.0607. The van der Waals surface area contributed by atoms with Crippen molar-refractivity contribution in [3.05, 3.63) is 58.7 Å². The second-order valence-corrected chi connectivity index (χ2v) is 7.79. The van der Waals surface area contributed by atoms with Crippen LogP contribution in [-0.4, -0.2) is 27.4 Å². The molecule has 1 aliphatic heterocycles. The monoisotopic (exact) mass is 339 g/mol. The molecule has 4 nitrogen and oxygen atoms in total. The standard InChI is InChI=1S/C21H25NO3/c1-13-11-21(25)19(14(2)18(13)24)20(4,5)12-17(23)22(21)15(3)16-9-7-6-8-10-16/h6-11,15,25H,12H2,1-5H3. The molecule has 3 rings (SSSR count). The lowest BCUT2D eigenvalue weighted by molar-refractivity contribution is -0.163. The molecule has 0 saturated carbocycles. The van der Waals surface area contributed by atoms with Gasteiger partial charge >= 0.3 is 0 Å². The molecule has 1 amide bonds. The molecule has 1 aromatic rings. The van der Waals surface area contributed by atoms with Crippen molar-refractivity contribution < 1.29 is 14.7 Å². The molecule has 1 N–H and O–H groups in total. The van der Waals surface area contributed by atoms with Gasteiger partial charge in [-0.15, -0.1) is 0 Å². The van der Waals surface area contributed by atoms with E-state index in [1.165, 1.54) is 4.90 Å². The van der Waals surface area contributed by atoms with E-state index in [1.807, 2.05) is 51.1 Å². The summed E-state index contributed by atoms with van der Waals surface area (Å²) in [5, 5.41) is 11.7. The van der Waals surface area contributed by atoms with Crippen molar-refractivity contribution in [2.24, 2.45) is 5.41 Å². The lowest BCUT2D eigenvalue weighted by Crippen LogP contribution is -2.61. The Morgan fingerprint density at radius 2 is 1.72 bits per heavy atom. The minimum Gasteiger partial charge on any atom is -0.364 e. The smallest absolute Gasteiger partial charge is 0.226 e. The molecule has 132 valence electrons. The van der Waals surface area contributed by atoms with Crippen molar-refractivity contribution >= 4 is 11.7 Å². The van der Waals surface area contributed by atoms with Crippen LogP contribution in [0.1, 0.15) is 52.6 Å². The SMILES string of the molecule is CC1=CC2(O)C(=C(C)C1=O)C(C)(C)CC(=O)N2C(C)c1ccccc1. The van der Waals surface area contributed by atoms with Crippen LogP contribution in [0.2, 0.25) is 0 Å². The van der Waals surface area contributed by atoms with Gasteiger partial charge in [-0.05, 0) is 43.6 Å². The first-order chi connectivity index (χ1) is 11.6. The number of fused-ring (bicyclic) bond motifs is 1. The number of ketones is 1. The average molecular weight is 339 g/mol. The summed E-state index contributed by atoms with van der Waals surface area (Å²) in [5.74, 6) is -0.173. The Bertz CT molecular complexity index is 804. The van der Waals surface area contributed by atoms with Crippen molar-refractivity contribution in [1.82, 2.24) is 4.90 Å². The highest BCUT2D eigenvalue weighted by atomic mass is 16.3. The van der Waals surface area contributed by atoms with Gasteiger partial charge in [0.1, 0.15) is 0 Å². The number of nitrogens with zero attached hydrogens (tertiary/aromatic N) is 1. The van der Waals surface area contributed by atoms with Crippen LogP contribution in [0.15, 0.2) is 53.1 Å². The fraction of sp³-hybridized carbons (Fsp3) is 0.429. The van der Waals surface area contributed by atoms with Crippen LogP contribution >= 0.6 is 0 Å². The zero-order valence-electron chi connectivity index (χ0n) is 15.5. The lowest BCUT2D eigenvalue weighted by Gasteiger charge is -2.54. The molecule has 1 heterocycles. The maximum atomic E-state index is 13.0. The van der Waals surface area contributed by atoms with Crippen LogP contribution < -0.4 is 0 Å². The summed E-state index contributed by atoms with van der Waals surface area (Å²) < 4.78 is 0. The zero-order valence-corrected chi connectivity index (χ0v) is 15.5. The third-order valence-corrected chi connectivity index (χ3v) is 5.43. The number of aliphatic hydroxyl groups is 1. The zero-order chi connectivity index (χ0) is 18.6. The number of allylic oxidation sites excluding steroid dienone is 2. The van der Waals surface area contributed by atoms with Crippen LogP contribution in [0.25, 0.3) is 0 Å². The molecule has 0 bridgehead atoms. The number of benzene rings is 1. The maximum absolute atomic E-state index is 13.0. The molecule has 0 radical (unpaired) electrons. The molecule has 1 aromatic carbocycles. The molecule has 2 aliphatic rings. The van der Waals surface area contributed by atoms with E-state index in [0.717, 1.165) is 5.56 Å². The highest BCUT2D eigenvalue weighted by molar-refractivity contribution is 6.10. The first-order valence-electron chi connectivity index (χ1n) is 8.65. The quantitative estimate of drug-likeness (QED) is 0.896. The number of rotatable bonds is 2. The van der Waals surface area contributed by atoms with Gasteiger partial charge in [0, 0.05) is 17.4 Å². The predicted molar refractivity (Wildman–Crippen MR) is 96.5 cm³/mol. The summed E-state index contributed by atoms with van der Waals surface area (Å²) in [6.45, 7) is 9.19. The predicted octanol–water partition coefficient (Wildman–Crippen LogP) is 3.54. The van der Waals surface area contributed by atoms with E-state index in [-0.39, 0.29) is 24.2 Å². The summed E-state index contributed by atoms with van der Waals surface area (Å²) in [4.78, 5) is 27.0. The number of amides is 1. The Morgan fingerprint density at radius 3 is 2.32 bits per heavy atom. The van der Waals surface area contributed by atoms with E-state index in [0.29, 0.717) is 16.7 Å². The fourth-order valence-electron chi connectivity index (χ4n) is 4.45. The van der Waals surface area contributed by atoms with E-state index in [9.17, 15) is 14.7 Å². The first kappa shape index (κ1) is 17.6. The van der Waals surface area contributed by atoms with Crippen LogP contribution in [0, 0.1) is 5.41 Å². The summed E-state index contributed by atoms with van der Waals surface area (Å²) >= 11 is 0. The third kappa shape index (κ3) is 2.56. The summed E-state index contributed by atoms with van der Waals surface area (Å²) in [6, 6.07) is 9.34. The van der Waals surface area contributed by atoms with E-state index in [4.69, 9.17) is 0 Å². The van der Waals surface area contributed by atoms with Crippen molar-refractivity contribution in [3.63, 3.8) is 0 Å². The van der Waals surface area contributed by atoms with Crippen molar-refractivity contribution in [1.29, 1.82) is 0 Å². The third-order valence-electron chi connectivity index (χ3n) is 5.43. The van der Waals surface area contributed by atoms with Crippen LogP contribution in [0.5, 0.6) is 0 Å². The van der Waals surface area contributed by atoms with Gasteiger partial charge in [0.15, 0.2) is 11.5 Å². The minimum atomic E-state index is -1.57. The number of hydrogen-bond donors (Lipinski definition) is 1. The van der Waals surface area contributed by atoms with Crippen molar-refractivity contribution in [2.75, 3.05) is 0 Å². The number of carbonyl (C=O) groups excluding carboxylic acids is 2. The van der Waals surface area contributed by atoms with Gasteiger partial charge in [-0.3, -0.25) is 9.59 Å². The van der Waals surface area contributed by atoms with Gasteiger partial charge < -0.3 is 10.0 Å². The molecule has 1 fully saturated rings. The van der Waals surface area contributed by atoms with Crippen LogP contribution in [-0.2, 0) is 9.59 Å². The van der Waals surface area contributed by atoms with Crippen LogP contribution in [0.3, 0.4) is 0 Å². The molecule has 2 atom stereocenters. The molecular weight excluding hydrogens is 314 g/mol. The largest absolute Gasteiger partial charge is 0.364 e. The molecule has 0 spiro atoms. The number of piperidine rings is 1. The fourth-order valence-corrected chi connectivity index (χ4v) is 4.45. The second kappa shape index (κ2) is 5.67. The first-order valence-corrected chi connectivity index (χ1v) is 8.65. The highest BCUT2D eigenvalue weighted by Crippen LogP contribution is 2.51. The molecule has 1 aliphatic carbocycles. The van der Waals surface area contributed by atoms with Gasteiger partial charge in [-0.1, -0.05) is 44.2 Å². The Morgan fingerprint density at radius 1 is 1.12 bits per heavy atom. The topological polar surface area (TPSA) is 57.6 Å². The Hall–Kier alpha value is -2.20. The maximum Gasteiger partial charge on any atom is 0.226 e. The number of likely N-dealkylation sites (tertiary alicyclic amines) is 1. The molecule has 0 aromatic heterocycles. The van der Waals surface area contributed by atoms with E-state index >= 15 is 0 Å². The molecule has 4 heteroatoms. The average Bonchev–Trinajstić information content (AvgIpc) is 2.51. The summed E-state index contributed by atoms with van der Waals surface area (Å²) in [6.07, 6.45) is 1.81. The normalized spacial score (nSPS) is 27.1. The van der Waals surface area contributed by atoms with Gasteiger partial charge in [0.2, 0.25) is 5.91 Å². The summed E-state index contributed by atoms with van der Waals surface area (Å²) in [7, 11) is 0. The Kier molecular flexibility index (Phi) is 3.99. The van der Waals surface area contributed by atoms with E-state index < -0.39 is 11.1 Å². The Labute approximate surface area is 148 Å². The van der Waals surface area contributed by atoms with E-state index in [2.05, 4.69) is 0 Å². The van der Waals surface area contributed by atoms with Gasteiger partial charge in [0.25, 0.3) is 0 Å². The number of Topliss-reactive ketones (excluding diaryl/α,β-unsaturated/α-hetero) is 1. The second-order valence-electron chi connectivity index (χ2n) is 7.79. The van der Waals surface area contributed by atoms with Crippen molar-refractivity contribution in [3.8, 4) is 0 Å². The number of carbonyl (C=O) groups is 2. The molecular formula is C21H25NO3. The molecule has 2 unspecified atom stereocenters. The van der Waals surface area contributed by atoms with Crippen LogP contribution in [0.4, 0.5) is 0 Å². The summed E-state index contributed by atoms with van der Waals surface area (Å²) in [5.41, 5.74) is 0.456. The molecule has 1 saturated heterocycles. The van der Waals surface area contributed by atoms with Gasteiger partial charge in [0.05, 0.1) is 6.04 Å². The number of hydrogen-bond acceptors (Lipinski definition) is 3. The Balaban J connectivity index is 2.20. The molecule has 25 heavy (non-hydrogen) atoms.